The highest BCUT2D eigenvalue weighted by Crippen LogP contribution is 2.21. The summed E-state index contributed by atoms with van der Waals surface area (Å²) in [6.45, 7) is 3.85. The normalized spacial score (nSPS) is 15.8. The van der Waals surface area contributed by atoms with Gasteiger partial charge in [-0.3, -0.25) is 4.90 Å². The van der Waals surface area contributed by atoms with Gasteiger partial charge in [0.05, 0.1) is 19.3 Å². The fourth-order valence-corrected chi connectivity index (χ4v) is 3.38. The van der Waals surface area contributed by atoms with Gasteiger partial charge in [0, 0.05) is 31.2 Å². The summed E-state index contributed by atoms with van der Waals surface area (Å²) in [7, 11) is 0. The molecule has 0 saturated carbocycles. The Hall–Kier alpha value is -2.15. The third-order valence-corrected chi connectivity index (χ3v) is 5.06. The zero-order valence-electron chi connectivity index (χ0n) is 15.7. The molecule has 3 rings (SSSR count). The van der Waals surface area contributed by atoms with E-state index in [1.165, 1.54) is 12.1 Å². The van der Waals surface area contributed by atoms with Gasteiger partial charge in [-0.25, -0.2) is 9.18 Å². The number of hydrogen-bond acceptors (Lipinski definition) is 3. The minimum absolute atomic E-state index is 0.0217. The van der Waals surface area contributed by atoms with Gasteiger partial charge in [-0.15, -0.1) is 0 Å². The SMILES string of the molecule is O=C(NCCc1ccc(Cl)cc1)NC[C@H](c1ccc(F)cc1)N1CCOCC1. The zero-order valence-corrected chi connectivity index (χ0v) is 16.4. The van der Waals surface area contributed by atoms with Crippen molar-refractivity contribution in [3.8, 4) is 0 Å². The summed E-state index contributed by atoms with van der Waals surface area (Å²) < 4.78 is 18.7. The maximum absolute atomic E-state index is 13.3. The Bertz CT molecular complexity index is 749. The first kappa shape index (κ1) is 20.6. The van der Waals surface area contributed by atoms with E-state index in [1.807, 2.05) is 24.3 Å². The monoisotopic (exact) mass is 405 g/mol. The molecule has 1 heterocycles. The maximum Gasteiger partial charge on any atom is 0.314 e. The fourth-order valence-electron chi connectivity index (χ4n) is 3.26. The van der Waals surface area contributed by atoms with Crippen molar-refractivity contribution < 1.29 is 13.9 Å². The van der Waals surface area contributed by atoms with Crippen LogP contribution in [0.1, 0.15) is 17.2 Å². The number of amides is 2. The molecule has 150 valence electrons. The lowest BCUT2D eigenvalue weighted by Gasteiger charge is -2.35. The number of urea groups is 1. The predicted octanol–water partition coefficient (Wildman–Crippen LogP) is 3.39. The lowest BCUT2D eigenvalue weighted by Crippen LogP contribution is -2.46. The van der Waals surface area contributed by atoms with Gasteiger partial charge in [0.25, 0.3) is 0 Å². The van der Waals surface area contributed by atoms with Crippen LogP contribution < -0.4 is 10.6 Å². The lowest BCUT2D eigenvalue weighted by molar-refractivity contribution is 0.0167. The van der Waals surface area contributed by atoms with Crippen LogP contribution in [0, 0.1) is 5.82 Å². The van der Waals surface area contributed by atoms with Crippen LogP contribution in [-0.2, 0) is 11.2 Å². The fraction of sp³-hybridized carbons (Fsp3) is 0.381. The Labute approximate surface area is 169 Å². The highest BCUT2D eigenvalue weighted by atomic mass is 35.5. The molecule has 0 aliphatic carbocycles. The molecule has 0 spiro atoms. The van der Waals surface area contributed by atoms with Crippen LogP contribution in [0.5, 0.6) is 0 Å². The van der Waals surface area contributed by atoms with E-state index in [4.69, 9.17) is 16.3 Å². The van der Waals surface area contributed by atoms with E-state index in [1.54, 1.807) is 12.1 Å². The molecule has 2 aromatic carbocycles. The van der Waals surface area contributed by atoms with E-state index in [0.717, 1.165) is 30.6 Å². The maximum atomic E-state index is 13.3. The van der Waals surface area contributed by atoms with Crippen molar-refractivity contribution in [2.24, 2.45) is 0 Å². The molecule has 1 aliphatic rings. The molecule has 2 amide bonds. The van der Waals surface area contributed by atoms with Crippen LogP contribution in [0.3, 0.4) is 0 Å². The quantitative estimate of drug-likeness (QED) is 0.742. The largest absolute Gasteiger partial charge is 0.379 e. The first-order valence-electron chi connectivity index (χ1n) is 9.45. The Morgan fingerprint density at radius 1 is 1.07 bits per heavy atom. The van der Waals surface area contributed by atoms with Crippen molar-refractivity contribution in [2.75, 3.05) is 39.4 Å². The minimum Gasteiger partial charge on any atom is -0.379 e. The number of carbonyl (C=O) groups excluding carboxylic acids is 1. The topological polar surface area (TPSA) is 53.6 Å². The first-order chi connectivity index (χ1) is 13.6. The van der Waals surface area contributed by atoms with Crippen molar-refractivity contribution in [1.29, 1.82) is 0 Å². The second kappa shape index (κ2) is 10.4. The number of benzene rings is 2. The molecule has 1 aliphatic heterocycles. The summed E-state index contributed by atoms with van der Waals surface area (Å²) >= 11 is 5.88. The van der Waals surface area contributed by atoms with Crippen LogP contribution in [-0.4, -0.2) is 50.3 Å². The van der Waals surface area contributed by atoms with Crippen molar-refractivity contribution in [1.82, 2.24) is 15.5 Å². The molecule has 0 radical (unpaired) electrons. The summed E-state index contributed by atoms with van der Waals surface area (Å²) in [6, 6.07) is 13.8. The van der Waals surface area contributed by atoms with Crippen LogP contribution >= 0.6 is 11.6 Å². The highest BCUT2D eigenvalue weighted by molar-refractivity contribution is 6.30. The van der Waals surface area contributed by atoms with Crippen molar-refractivity contribution in [3.63, 3.8) is 0 Å². The van der Waals surface area contributed by atoms with Gasteiger partial charge in [-0.2, -0.15) is 0 Å². The molecule has 0 aromatic heterocycles. The van der Waals surface area contributed by atoms with Crippen molar-refractivity contribution >= 4 is 17.6 Å². The number of rotatable bonds is 7. The summed E-state index contributed by atoms with van der Waals surface area (Å²) in [5, 5.41) is 6.52. The number of nitrogens with one attached hydrogen (secondary N) is 2. The van der Waals surface area contributed by atoms with E-state index in [0.29, 0.717) is 31.3 Å². The molecule has 7 heteroatoms. The van der Waals surface area contributed by atoms with Crippen molar-refractivity contribution in [3.05, 3.63) is 70.5 Å². The molecule has 1 fully saturated rings. The second-order valence-corrected chi connectivity index (χ2v) is 7.17. The average molecular weight is 406 g/mol. The number of hydrogen-bond donors (Lipinski definition) is 2. The van der Waals surface area contributed by atoms with Crippen LogP contribution in [0.4, 0.5) is 9.18 Å². The average Bonchev–Trinajstić information content (AvgIpc) is 2.72. The first-order valence-corrected chi connectivity index (χ1v) is 9.83. The number of halogens is 2. The van der Waals surface area contributed by atoms with Gasteiger partial charge in [-0.1, -0.05) is 35.9 Å². The molecular formula is C21H25ClFN3O2. The van der Waals surface area contributed by atoms with E-state index < -0.39 is 0 Å². The number of ether oxygens (including phenoxy) is 1. The Morgan fingerprint density at radius 2 is 1.75 bits per heavy atom. The summed E-state index contributed by atoms with van der Waals surface area (Å²) in [6.07, 6.45) is 0.732. The molecule has 1 saturated heterocycles. The van der Waals surface area contributed by atoms with Gasteiger partial charge in [0.15, 0.2) is 0 Å². The standard InChI is InChI=1S/C21H25ClFN3O2/c22-18-5-1-16(2-6-18)9-10-24-21(27)25-15-20(26-11-13-28-14-12-26)17-3-7-19(23)8-4-17/h1-8,20H,9-15H2,(H2,24,25,27)/t20-/m1/s1. The van der Waals surface area contributed by atoms with Crippen LogP contribution in [0.15, 0.2) is 48.5 Å². The smallest absolute Gasteiger partial charge is 0.314 e. The summed E-state index contributed by atoms with van der Waals surface area (Å²) in [5.74, 6) is -0.266. The van der Waals surface area contributed by atoms with Gasteiger partial charge < -0.3 is 15.4 Å². The Morgan fingerprint density at radius 3 is 2.43 bits per heavy atom. The zero-order chi connectivity index (χ0) is 19.8. The van der Waals surface area contributed by atoms with Gasteiger partial charge in [-0.05, 0) is 41.8 Å². The van der Waals surface area contributed by atoms with E-state index in [2.05, 4.69) is 15.5 Å². The number of morpholine rings is 1. The molecule has 0 unspecified atom stereocenters. The molecule has 2 N–H and O–H groups in total. The lowest BCUT2D eigenvalue weighted by atomic mass is 10.0. The number of carbonyl (C=O) groups is 1. The number of nitrogens with zero attached hydrogens (tertiary/aromatic N) is 1. The van der Waals surface area contributed by atoms with Gasteiger partial charge in [0.1, 0.15) is 5.82 Å². The molecule has 28 heavy (non-hydrogen) atoms. The van der Waals surface area contributed by atoms with E-state index in [-0.39, 0.29) is 17.9 Å². The van der Waals surface area contributed by atoms with Gasteiger partial charge >= 0.3 is 6.03 Å². The predicted molar refractivity (Wildman–Crippen MR) is 108 cm³/mol. The molecule has 1 atom stereocenters. The summed E-state index contributed by atoms with van der Waals surface area (Å²) in [5.41, 5.74) is 2.09. The molecular weight excluding hydrogens is 381 g/mol. The van der Waals surface area contributed by atoms with Gasteiger partial charge in [0.2, 0.25) is 0 Å². The molecule has 5 nitrogen and oxygen atoms in total. The Balaban J connectivity index is 1.51. The van der Waals surface area contributed by atoms with Crippen LogP contribution in [0.2, 0.25) is 5.02 Å². The second-order valence-electron chi connectivity index (χ2n) is 6.73. The van der Waals surface area contributed by atoms with E-state index in [9.17, 15) is 9.18 Å². The Kier molecular flexibility index (Phi) is 7.65. The van der Waals surface area contributed by atoms with Crippen LogP contribution in [0.25, 0.3) is 0 Å². The van der Waals surface area contributed by atoms with E-state index >= 15 is 0 Å². The third-order valence-electron chi connectivity index (χ3n) is 4.81. The third kappa shape index (κ3) is 6.19. The summed E-state index contributed by atoms with van der Waals surface area (Å²) in [4.78, 5) is 14.5. The molecule has 2 aromatic rings. The van der Waals surface area contributed by atoms with Crippen molar-refractivity contribution in [2.45, 2.75) is 12.5 Å². The minimum atomic E-state index is -0.266. The molecule has 0 bridgehead atoms. The highest BCUT2D eigenvalue weighted by Gasteiger charge is 2.23.